The van der Waals surface area contributed by atoms with Crippen LogP contribution in [-0.4, -0.2) is 16.7 Å². The predicted molar refractivity (Wildman–Crippen MR) is 52.7 cm³/mol. The van der Waals surface area contributed by atoms with Gasteiger partial charge in [0.25, 0.3) is 0 Å². The van der Waals surface area contributed by atoms with E-state index >= 15 is 0 Å². The van der Waals surface area contributed by atoms with Gasteiger partial charge in [0.15, 0.2) is 0 Å². The van der Waals surface area contributed by atoms with Crippen LogP contribution in [0.4, 0.5) is 0 Å². The van der Waals surface area contributed by atoms with Crippen molar-refractivity contribution >= 4 is 11.3 Å². The van der Waals surface area contributed by atoms with Gasteiger partial charge in [-0.15, -0.1) is 11.3 Å². The van der Waals surface area contributed by atoms with Gasteiger partial charge >= 0.3 is 0 Å². The molecule has 13 heavy (non-hydrogen) atoms. The van der Waals surface area contributed by atoms with Crippen molar-refractivity contribution in [2.75, 3.05) is 6.61 Å². The number of aliphatic hydroxyl groups is 1. The Labute approximate surface area is 81.6 Å². The third-order valence-corrected chi connectivity index (χ3v) is 3.37. The van der Waals surface area contributed by atoms with Crippen LogP contribution >= 0.6 is 11.3 Å². The average molecular weight is 198 g/mol. The number of aliphatic hydroxyl groups excluding tert-OH is 1. The maximum absolute atomic E-state index is 9.05. The number of aromatic nitrogens is 1. The van der Waals surface area contributed by atoms with E-state index < -0.39 is 5.54 Å². The number of nitrogens with two attached hydrogens (primary N) is 1. The molecular weight excluding hydrogens is 184 g/mol. The van der Waals surface area contributed by atoms with E-state index in [0.717, 1.165) is 5.69 Å². The fraction of sp³-hybridized carbons (Fsp3) is 0.667. The Morgan fingerprint density at radius 2 is 2.46 bits per heavy atom. The number of hydrogen-bond donors (Lipinski definition) is 2. The van der Waals surface area contributed by atoms with Gasteiger partial charge in [-0.2, -0.15) is 0 Å². The minimum absolute atomic E-state index is 0.0547. The summed E-state index contributed by atoms with van der Waals surface area (Å²) in [6.07, 6.45) is 2.51. The lowest BCUT2D eigenvalue weighted by Gasteiger charge is -2.18. The smallest absolute Gasteiger partial charge is 0.0960 e. The molecule has 1 heterocycles. The second kappa shape index (κ2) is 3.04. The van der Waals surface area contributed by atoms with Gasteiger partial charge in [-0.3, -0.25) is 0 Å². The summed E-state index contributed by atoms with van der Waals surface area (Å²) >= 11 is 1.66. The Morgan fingerprint density at radius 3 is 3.00 bits per heavy atom. The van der Waals surface area contributed by atoms with Gasteiger partial charge in [-0.05, 0) is 19.8 Å². The van der Waals surface area contributed by atoms with Crippen molar-refractivity contribution in [3.8, 4) is 0 Å². The Kier molecular flexibility index (Phi) is 2.14. The van der Waals surface area contributed by atoms with E-state index in [2.05, 4.69) is 4.98 Å². The highest BCUT2D eigenvalue weighted by Crippen LogP contribution is 2.42. The molecule has 1 aliphatic rings. The van der Waals surface area contributed by atoms with Crippen molar-refractivity contribution in [3.05, 3.63) is 16.1 Å². The standard InChI is InChI=1S/C9H14N2OS/c1-9(10,5-12)7-4-13-8(11-7)6-2-3-6/h4,6,12H,2-3,5,10H2,1H3. The van der Waals surface area contributed by atoms with Crippen LogP contribution in [0.25, 0.3) is 0 Å². The van der Waals surface area contributed by atoms with E-state index in [4.69, 9.17) is 10.8 Å². The van der Waals surface area contributed by atoms with Crippen molar-refractivity contribution in [2.24, 2.45) is 5.73 Å². The lowest BCUT2D eigenvalue weighted by atomic mass is 10.0. The molecule has 72 valence electrons. The summed E-state index contributed by atoms with van der Waals surface area (Å²) in [5.41, 5.74) is 6.01. The zero-order valence-electron chi connectivity index (χ0n) is 7.66. The second-order valence-electron chi connectivity index (χ2n) is 3.92. The van der Waals surface area contributed by atoms with Crippen LogP contribution in [0, 0.1) is 0 Å². The molecule has 2 rings (SSSR count). The predicted octanol–water partition coefficient (Wildman–Crippen LogP) is 1.19. The second-order valence-corrected chi connectivity index (χ2v) is 4.81. The minimum Gasteiger partial charge on any atom is -0.394 e. The SMILES string of the molecule is CC(N)(CO)c1csc(C2CC2)n1. The molecule has 0 aliphatic heterocycles. The van der Waals surface area contributed by atoms with E-state index in [-0.39, 0.29) is 6.61 Å². The van der Waals surface area contributed by atoms with Gasteiger partial charge in [0.2, 0.25) is 0 Å². The van der Waals surface area contributed by atoms with Crippen LogP contribution in [0.5, 0.6) is 0 Å². The molecule has 1 unspecified atom stereocenters. The van der Waals surface area contributed by atoms with Crippen molar-refractivity contribution < 1.29 is 5.11 Å². The first-order chi connectivity index (χ1) is 6.13. The number of rotatable bonds is 3. The number of thiazole rings is 1. The van der Waals surface area contributed by atoms with Gasteiger partial charge in [-0.25, -0.2) is 4.98 Å². The highest BCUT2D eigenvalue weighted by molar-refractivity contribution is 7.09. The van der Waals surface area contributed by atoms with Gasteiger partial charge in [0.05, 0.1) is 22.8 Å². The average Bonchev–Trinajstić information content (AvgIpc) is 2.83. The first-order valence-corrected chi connectivity index (χ1v) is 5.37. The van der Waals surface area contributed by atoms with Crippen LogP contribution in [-0.2, 0) is 5.54 Å². The maximum Gasteiger partial charge on any atom is 0.0960 e. The zero-order valence-corrected chi connectivity index (χ0v) is 8.47. The highest BCUT2D eigenvalue weighted by Gasteiger charge is 2.29. The minimum atomic E-state index is -0.677. The third-order valence-electron chi connectivity index (χ3n) is 2.36. The Morgan fingerprint density at radius 1 is 1.77 bits per heavy atom. The Hall–Kier alpha value is -0.450. The number of nitrogens with zero attached hydrogens (tertiary/aromatic N) is 1. The summed E-state index contributed by atoms with van der Waals surface area (Å²) in [7, 11) is 0. The summed E-state index contributed by atoms with van der Waals surface area (Å²) in [6.45, 7) is 1.75. The molecule has 3 nitrogen and oxygen atoms in total. The van der Waals surface area contributed by atoms with E-state index in [1.165, 1.54) is 17.8 Å². The topological polar surface area (TPSA) is 59.1 Å². The summed E-state index contributed by atoms with van der Waals surface area (Å²) in [5.74, 6) is 0.674. The van der Waals surface area contributed by atoms with Gasteiger partial charge in [-0.1, -0.05) is 0 Å². The molecule has 1 atom stereocenters. The van der Waals surface area contributed by atoms with Crippen molar-refractivity contribution in [1.82, 2.24) is 4.98 Å². The van der Waals surface area contributed by atoms with E-state index in [0.29, 0.717) is 5.92 Å². The van der Waals surface area contributed by atoms with Crippen LogP contribution < -0.4 is 5.73 Å². The molecule has 0 amide bonds. The van der Waals surface area contributed by atoms with E-state index in [9.17, 15) is 0 Å². The van der Waals surface area contributed by atoms with Gasteiger partial charge in [0, 0.05) is 11.3 Å². The van der Waals surface area contributed by atoms with E-state index in [1.54, 1.807) is 18.3 Å². The monoisotopic (exact) mass is 198 g/mol. The van der Waals surface area contributed by atoms with Crippen LogP contribution in [0.3, 0.4) is 0 Å². The highest BCUT2D eigenvalue weighted by atomic mass is 32.1. The fourth-order valence-electron chi connectivity index (χ4n) is 1.15. The van der Waals surface area contributed by atoms with Gasteiger partial charge < -0.3 is 10.8 Å². The summed E-state index contributed by atoms with van der Waals surface area (Å²) < 4.78 is 0. The molecule has 3 N–H and O–H groups in total. The zero-order chi connectivity index (χ0) is 9.47. The number of hydrogen-bond acceptors (Lipinski definition) is 4. The van der Waals surface area contributed by atoms with Crippen LogP contribution in [0.1, 0.15) is 36.4 Å². The molecule has 0 bridgehead atoms. The van der Waals surface area contributed by atoms with Crippen molar-refractivity contribution in [2.45, 2.75) is 31.2 Å². The van der Waals surface area contributed by atoms with Crippen LogP contribution in [0.2, 0.25) is 0 Å². The molecule has 4 heteroatoms. The molecule has 0 radical (unpaired) electrons. The quantitative estimate of drug-likeness (QED) is 0.767. The summed E-state index contributed by atoms with van der Waals surface area (Å²) in [4.78, 5) is 4.45. The molecule has 0 spiro atoms. The normalized spacial score (nSPS) is 21.5. The molecule has 1 aromatic heterocycles. The Bertz CT molecular complexity index is 304. The van der Waals surface area contributed by atoms with Gasteiger partial charge in [0.1, 0.15) is 0 Å². The summed E-state index contributed by atoms with van der Waals surface area (Å²) in [5, 5.41) is 12.2. The largest absolute Gasteiger partial charge is 0.394 e. The molecule has 0 aromatic carbocycles. The molecule has 1 aromatic rings. The van der Waals surface area contributed by atoms with Crippen molar-refractivity contribution in [3.63, 3.8) is 0 Å². The summed E-state index contributed by atoms with van der Waals surface area (Å²) in [6, 6.07) is 0. The fourth-order valence-corrected chi connectivity index (χ4v) is 2.28. The lowest BCUT2D eigenvalue weighted by molar-refractivity contribution is 0.207. The van der Waals surface area contributed by atoms with Crippen molar-refractivity contribution in [1.29, 1.82) is 0 Å². The Balaban J connectivity index is 2.20. The van der Waals surface area contributed by atoms with E-state index in [1.807, 2.05) is 5.38 Å². The molecule has 1 aliphatic carbocycles. The first kappa shape index (κ1) is 9.12. The first-order valence-electron chi connectivity index (χ1n) is 4.49. The molecule has 0 saturated heterocycles. The van der Waals surface area contributed by atoms with Crippen LogP contribution in [0.15, 0.2) is 5.38 Å². The lowest BCUT2D eigenvalue weighted by Crippen LogP contribution is -2.37. The molecular formula is C9H14N2OS. The maximum atomic E-state index is 9.05. The molecule has 1 saturated carbocycles. The third kappa shape index (κ3) is 1.75. The molecule has 1 fully saturated rings.